The van der Waals surface area contributed by atoms with Gasteiger partial charge in [-0.05, 0) is 0 Å². The van der Waals surface area contributed by atoms with Crippen LogP contribution in [0.2, 0.25) is 0 Å². The Morgan fingerprint density at radius 2 is 2.45 bits per heavy atom. The molecule has 1 N–H and O–H groups in total. The summed E-state index contributed by atoms with van der Waals surface area (Å²) in [5, 5.41) is 3.36. The number of aliphatic imine (C=N–C) groups is 1. The van der Waals surface area contributed by atoms with Crippen molar-refractivity contribution < 1.29 is 0 Å². The van der Waals surface area contributed by atoms with E-state index in [0.717, 1.165) is 19.4 Å². The number of nitrogens with one attached hydrogen (secondary N) is 1. The monoisotopic (exact) mass is 152 g/mol. The minimum atomic E-state index is 0.584. The van der Waals surface area contributed by atoms with Gasteiger partial charge in [-0.15, -0.1) is 0 Å². The van der Waals surface area contributed by atoms with Gasteiger partial charge in [0.1, 0.15) is 0 Å². The van der Waals surface area contributed by atoms with Crippen molar-refractivity contribution in [2.24, 2.45) is 4.99 Å². The van der Waals surface area contributed by atoms with Gasteiger partial charge in [0, 0.05) is 37.3 Å². The predicted octanol–water partition coefficient (Wildman–Crippen LogP) is 1.73. The zero-order chi connectivity index (χ0) is 8.10. The molecule has 0 aromatic rings. The summed E-state index contributed by atoms with van der Waals surface area (Å²) in [6, 6.07) is 0.584. The molecule has 1 aliphatic heterocycles. The summed E-state index contributed by atoms with van der Waals surface area (Å²) in [6.07, 6.45) is 6.23. The van der Waals surface area contributed by atoms with Gasteiger partial charge in [0.05, 0.1) is 0 Å². The molecule has 1 rings (SSSR count). The molecule has 0 aromatic heterocycles. The third kappa shape index (κ3) is 3.33. The Balaban J connectivity index is 2.08. The van der Waals surface area contributed by atoms with E-state index in [-0.39, 0.29) is 0 Å². The van der Waals surface area contributed by atoms with Crippen molar-refractivity contribution in [3.63, 3.8) is 0 Å². The lowest BCUT2D eigenvalue weighted by Crippen LogP contribution is -2.23. The molecular weight excluding hydrogens is 136 g/mol. The Bertz CT molecular complexity index is 168. The van der Waals surface area contributed by atoms with E-state index in [1.807, 2.05) is 6.21 Å². The molecule has 0 amide bonds. The smallest absolute Gasteiger partial charge is 0.0376 e. The van der Waals surface area contributed by atoms with Crippen LogP contribution in [0.3, 0.4) is 0 Å². The zero-order valence-electron chi connectivity index (χ0n) is 7.30. The van der Waals surface area contributed by atoms with Crippen LogP contribution in [-0.4, -0.2) is 18.8 Å². The molecule has 62 valence electrons. The Morgan fingerprint density at radius 3 is 3.00 bits per heavy atom. The number of hydrogen-bond acceptors (Lipinski definition) is 2. The van der Waals surface area contributed by atoms with Gasteiger partial charge < -0.3 is 5.32 Å². The molecule has 1 aliphatic rings. The first-order chi connectivity index (χ1) is 5.29. The zero-order valence-corrected chi connectivity index (χ0v) is 7.30. The van der Waals surface area contributed by atoms with Crippen LogP contribution in [0.1, 0.15) is 26.7 Å². The van der Waals surface area contributed by atoms with Gasteiger partial charge in [0.25, 0.3) is 0 Å². The van der Waals surface area contributed by atoms with Crippen molar-refractivity contribution >= 4 is 6.21 Å². The third-order valence-electron chi connectivity index (χ3n) is 1.65. The van der Waals surface area contributed by atoms with Gasteiger partial charge in [0.15, 0.2) is 0 Å². The molecule has 0 fully saturated rings. The van der Waals surface area contributed by atoms with Gasteiger partial charge in [-0.25, -0.2) is 0 Å². The maximum absolute atomic E-state index is 4.23. The van der Waals surface area contributed by atoms with E-state index in [1.165, 1.54) is 5.70 Å². The summed E-state index contributed by atoms with van der Waals surface area (Å²) >= 11 is 0. The highest BCUT2D eigenvalue weighted by Crippen LogP contribution is 2.08. The molecule has 0 spiro atoms. The SMILES string of the molecule is CC(C)NCCC1=CCC=N1. The van der Waals surface area contributed by atoms with E-state index in [4.69, 9.17) is 0 Å². The van der Waals surface area contributed by atoms with Crippen LogP contribution in [0.5, 0.6) is 0 Å². The average molecular weight is 152 g/mol. The van der Waals surface area contributed by atoms with E-state index in [1.54, 1.807) is 0 Å². The second kappa shape index (κ2) is 4.29. The lowest BCUT2D eigenvalue weighted by atomic mass is 10.3. The molecule has 2 nitrogen and oxygen atoms in total. The van der Waals surface area contributed by atoms with E-state index < -0.39 is 0 Å². The molecule has 11 heavy (non-hydrogen) atoms. The molecule has 2 heteroatoms. The Morgan fingerprint density at radius 1 is 1.64 bits per heavy atom. The molecule has 0 unspecified atom stereocenters. The second-order valence-electron chi connectivity index (χ2n) is 3.10. The Hall–Kier alpha value is -0.630. The molecule has 0 saturated heterocycles. The van der Waals surface area contributed by atoms with Gasteiger partial charge in [-0.1, -0.05) is 19.9 Å². The highest BCUT2D eigenvalue weighted by molar-refractivity contribution is 5.64. The van der Waals surface area contributed by atoms with E-state index in [2.05, 4.69) is 30.2 Å². The fourth-order valence-corrected chi connectivity index (χ4v) is 1.07. The van der Waals surface area contributed by atoms with Crippen LogP contribution in [0, 0.1) is 0 Å². The van der Waals surface area contributed by atoms with Gasteiger partial charge in [-0.3, -0.25) is 4.99 Å². The normalized spacial score (nSPS) is 16.1. The number of allylic oxidation sites excluding steroid dienone is 1. The molecule has 0 aliphatic carbocycles. The van der Waals surface area contributed by atoms with Crippen molar-refractivity contribution in [3.8, 4) is 0 Å². The summed E-state index contributed by atoms with van der Waals surface area (Å²) in [7, 11) is 0. The van der Waals surface area contributed by atoms with E-state index in [0.29, 0.717) is 6.04 Å². The quantitative estimate of drug-likeness (QED) is 0.652. The van der Waals surface area contributed by atoms with Crippen molar-refractivity contribution in [1.82, 2.24) is 5.32 Å². The van der Waals surface area contributed by atoms with Crippen molar-refractivity contribution in [2.75, 3.05) is 6.54 Å². The van der Waals surface area contributed by atoms with Crippen molar-refractivity contribution in [2.45, 2.75) is 32.7 Å². The Labute approximate surface area is 68.4 Å². The predicted molar refractivity (Wildman–Crippen MR) is 48.9 cm³/mol. The summed E-state index contributed by atoms with van der Waals surface area (Å²) < 4.78 is 0. The molecule has 0 radical (unpaired) electrons. The largest absolute Gasteiger partial charge is 0.314 e. The van der Waals surface area contributed by atoms with Crippen LogP contribution >= 0.6 is 0 Å². The highest BCUT2D eigenvalue weighted by atomic mass is 14.9. The maximum atomic E-state index is 4.23. The lowest BCUT2D eigenvalue weighted by molar-refractivity contribution is 0.588. The van der Waals surface area contributed by atoms with Crippen molar-refractivity contribution in [1.29, 1.82) is 0 Å². The lowest BCUT2D eigenvalue weighted by Gasteiger charge is -2.06. The maximum Gasteiger partial charge on any atom is 0.0376 e. The first-order valence-corrected chi connectivity index (χ1v) is 4.24. The first-order valence-electron chi connectivity index (χ1n) is 4.24. The van der Waals surface area contributed by atoms with Crippen molar-refractivity contribution in [3.05, 3.63) is 11.8 Å². The van der Waals surface area contributed by atoms with Gasteiger partial charge in [0.2, 0.25) is 0 Å². The van der Waals surface area contributed by atoms with Crippen LogP contribution in [-0.2, 0) is 0 Å². The minimum absolute atomic E-state index is 0.584. The molecule has 0 aromatic carbocycles. The standard InChI is InChI=1S/C9H16N2/c1-8(2)10-7-5-9-4-3-6-11-9/h4,6,8,10H,3,5,7H2,1-2H3. The number of hydrogen-bond donors (Lipinski definition) is 1. The summed E-state index contributed by atoms with van der Waals surface area (Å²) in [5.41, 5.74) is 1.23. The molecule has 1 heterocycles. The molecule has 0 atom stereocenters. The molecule has 0 bridgehead atoms. The highest BCUT2D eigenvalue weighted by Gasteiger charge is 1.98. The third-order valence-corrected chi connectivity index (χ3v) is 1.65. The molecular formula is C9H16N2. The van der Waals surface area contributed by atoms with Crippen LogP contribution in [0.4, 0.5) is 0 Å². The van der Waals surface area contributed by atoms with E-state index in [9.17, 15) is 0 Å². The summed E-state index contributed by atoms with van der Waals surface area (Å²) in [5.74, 6) is 0. The number of rotatable bonds is 4. The van der Waals surface area contributed by atoms with Crippen LogP contribution < -0.4 is 5.32 Å². The van der Waals surface area contributed by atoms with Crippen LogP contribution in [0.25, 0.3) is 0 Å². The average Bonchev–Trinajstić information content (AvgIpc) is 2.39. The summed E-state index contributed by atoms with van der Waals surface area (Å²) in [6.45, 7) is 5.36. The number of nitrogens with zero attached hydrogens (tertiary/aromatic N) is 1. The minimum Gasteiger partial charge on any atom is -0.314 e. The Kier molecular flexibility index (Phi) is 3.30. The fourth-order valence-electron chi connectivity index (χ4n) is 1.07. The van der Waals surface area contributed by atoms with Crippen LogP contribution in [0.15, 0.2) is 16.8 Å². The van der Waals surface area contributed by atoms with Gasteiger partial charge >= 0.3 is 0 Å². The topological polar surface area (TPSA) is 24.4 Å². The van der Waals surface area contributed by atoms with Gasteiger partial charge in [-0.2, -0.15) is 0 Å². The summed E-state index contributed by atoms with van der Waals surface area (Å²) in [4.78, 5) is 4.23. The fraction of sp³-hybridized carbons (Fsp3) is 0.667. The second-order valence-corrected chi connectivity index (χ2v) is 3.10. The molecule has 0 saturated carbocycles. The van der Waals surface area contributed by atoms with E-state index >= 15 is 0 Å². The first kappa shape index (κ1) is 8.47.